The highest BCUT2D eigenvalue weighted by Crippen LogP contribution is 2.32. The third-order valence-corrected chi connectivity index (χ3v) is 4.95. The highest BCUT2D eigenvalue weighted by molar-refractivity contribution is 7.09. The van der Waals surface area contributed by atoms with Crippen LogP contribution in [-0.4, -0.2) is 45.5 Å². The molecule has 1 aliphatic rings. The minimum Gasteiger partial charge on any atom is -0.454 e. The summed E-state index contributed by atoms with van der Waals surface area (Å²) in [5, 5.41) is 4.26. The first-order valence-corrected chi connectivity index (χ1v) is 9.47. The van der Waals surface area contributed by atoms with Crippen LogP contribution in [0.25, 0.3) is 5.95 Å². The predicted octanol–water partition coefficient (Wildman–Crippen LogP) is 1.35. The van der Waals surface area contributed by atoms with Crippen molar-refractivity contribution in [3.63, 3.8) is 0 Å². The van der Waals surface area contributed by atoms with Crippen molar-refractivity contribution in [2.45, 2.75) is 13.0 Å². The zero-order valence-electron chi connectivity index (χ0n) is 14.7. The minimum atomic E-state index is 0.301. The van der Waals surface area contributed by atoms with Crippen LogP contribution in [0.3, 0.4) is 0 Å². The van der Waals surface area contributed by atoms with E-state index in [2.05, 4.69) is 19.7 Å². The highest BCUT2D eigenvalue weighted by Gasteiger charge is 2.13. The van der Waals surface area contributed by atoms with E-state index in [1.165, 1.54) is 17.1 Å². The van der Waals surface area contributed by atoms with Crippen LogP contribution in [0.2, 0.25) is 0 Å². The summed E-state index contributed by atoms with van der Waals surface area (Å²) in [4.78, 5) is 10.6. The second-order valence-electron chi connectivity index (χ2n) is 6.01. The Bertz CT molecular complexity index is 868. The van der Waals surface area contributed by atoms with Crippen LogP contribution in [0.5, 0.6) is 11.5 Å². The van der Waals surface area contributed by atoms with Crippen LogP contribution in [0.15, 0.2) is 36.9 Å². The van der Waals surface area contributed by atoms with Crippen LogP contribution in [0, 0.1) is 0 Å². The molecule has 3 N–H and O–H groups in total. The number of imidazole rings is 1. The van der Waals surface area contributed by atoms with E-state index < -0.39 is 0 Å². The van der Waals surface area contributed by atoms with Gasteiger partial charge in [-0.2, -0.15) is 9.36 Å². The molecule has 0 aliphatic carbocycles. The van der Waals surface area contributed by atoms with E-state index in [1.807, 2.05) is 29.3 Å². The van der Waals surface area contributed by atoms with Crippen molar-refractivity contribution < 1.29 is 9.47 Å². The van der Waals surface area contributed by atoms with Crippen LogP contribution in [0.1, 0.15) is 12.0 Å². The van der Waals surface area contributed by atoms with Gasteiger partial charge in [-0.1, -0.05) is 6.07 Å². The lowest BCUT2D eigenvalue weighted by Crippen LogP contribution is -2.32. The molecular formula is C17H21N7O2S. The molecule has 0 unspecified atom stereocenters. The lowest BCUT2D eigenvalue weighted by atomic mass is 10.2. The van der Waals surface area contributed by atoms with Gasteiger partial charge in [0, 0.05) is 37.0 Å². The molecule has 0 radical (unpaired) electrons. The number of benzene rings is 1. The average molecular weight is 387 g/mol. The molecule has 0 bridgehead atoms. The van der Waals surface area contributed by atoms with Gasteiger partial charge in [0.2, 0.25) is 17.9 Å². The number of anilines is 1. The number of hydrogen-bond donors (Lipinski definition) is 2. The van der Waals surface area contributed by atoms with Gasteiger partial charge in [-0.25, -0.2) is 4.98 Å². The Kier molecular flexibility index (Phi) is 5.47. The first kappa shape index (κ1) is 17.7. The summed E-state index contributed by atoms with van der Waals surface area (Å²) in [6.45, 7) is 3.17. The molecule has 0 fully saturated rings. The Morgan fingerprint density at radius 3 is 3.07 bits per heavy atom. The molecule has 9 nitrogen and oxygen atoms in total. The molecule has 1 aromatic carbocycles. The van der Waals surface area contributed by atoms with Gasteiger partial charge in [-0.05, 0) is 30.7 Å². The van der Waals surface area contributed by atoms with Gasteiger partial charge in [0.25, 0.3) is 0 Å². The summed E-state index contributed by atoms with van der Waals surface area (Å²) in [5.41, 5.74) is 7.06. The molecule has 0 amide bonds. The maximum atomic E-state index is 5.89. The Morgan fingerprint density at radius 2 is 2.22 bits per heavy atom. The Balaban J connectivity index is 1.23. The molecule has 0 saturated carbocycles. The number of fused-ring (bicyclic) bond motifs is 1. The van der Waals surface area contributed by atoms with Gasteiger partial charge in [-0.15, -0.1) is 0 Å². The van der Waals surface area contributed by atoms with E-state index in [0.717, 1.165) is 42.7 Å². The van der Waals surface area contributed by atoms with E-state index in [-0.39, 0.29) is 0 Å². The van der Waals surface area contributed by atoms with Crippen molar-refractivity contribution in [3.8, 4) is 17.4 Å². The second kappa shape index (κ2) is 8.33. The zero-order chi connectivity index (χ0) is 18.5. The number of nitrogens with two attached hydrogens (primary N) is 1. The molecule has 2 aromatic heterocycles. The van der Waals surface area contributed by atoms with Crippen LogP contribution in [-0.2, 0) is 6.54 Å². The molecular weight excluding hydrogens is 366 g/mol. The number of ether oxygens (including phenoxy) is 2. The van der Waals surface area contributed by atoms with Crippen molar-refractivity contribution in [1.82, 2.24) is 24.2 Å². The quantitative estimate of drug-likeness (QED) is 0.419. The monoisotopic (exact) mass is 387 g/mol. The van der Waals surface area contributed by atoms with Gasteiger partial charge in [0.1, 0.15) is 6.33 Å². The molecule has 27 heavy (non-hydrogen) atoms. The molecule has 3 aromatic rings. The number of rotatable bonds is 9. The summed E-state index contributed by atoms with van der Waals surface area (Å²) in [5.74, 6) is 2.24. The standard InChI is InChI=1S/C17H21N7O2S/c18-10-23(17-21-16(22-27-17)24-7-5-20-11-24)6-1-4-19-9-13-2-3-14-15(8-13)26-12-25-14/h2-3,5,7-8,11,19H,1,4,6,9-10,12,18H2. The van der Waals surface area contributed by atoms with Crippen molar-refractivity contribution >= 4 is 16.7 Å². The molecule has 0 spiro atoms. The minimum absolute atomic E-state index is 0.301. The van der Waals surface area contributed by atoms with Crippen LogP contribution in [0.4, 0.5) is 5.13 Å². The molecule has 3 heterocycles. The van der Waals surface area contributed by atoms with Gasteiger partial charge < -0.3 is 25.4 Å². The lowest BCUT2D eigenvalue weighted by Gasteiger charge is -2.18. The van der Waals surface area contributed by atoms with E-state index >= 15 is 0 Å². The number of nitrogens with zero attached hydrogens (tertiary/aromatic N) is 5. The van der Waals surface area contributed by atoms with Crippen molar-refractivity contribution in [2.24, 2.45) is 5.73 Å². The fourth-order valence-electron chi connectivity index (χ4n) is 2.76. The molecule has 142 valence electrons. The third-order valence-electron chi connectivity index (χ3n) is 4.18. The average Bonchev–Trinajstić information content (AvgIpc) is 3.45. The largest absolute Gasteiger partial charge is 0.454 e. The maximum absolute atomic E-state index is 5.89. The van der Waals surface area contributed by atoms with Crippen molar-refractivity contribution in [1.29, 1.82) is 0 Å². The lowest BCUT2D eigenvalue weighted by molar-refractivity contribution is 0.174. The third kappa shape index (κ3) is 4.18. The highest BCUT2D eigenvalue weighted by atomic mass is 32.1. The molecule has 0 saturated heterocycles. The smallest absolute Gasteiger partial charge is 0.248 e. The summed E-state index contributed by atoms with van der Waals surface area (Å²) < 4.78 is 16.9. The number of hydrogen-bond acceptors (Lipinski definition) is 9. The number of aromatic nitrogens is 4. The van der Waals surface area contributed by atoms with E-state index in [9.17, 15) is 0 Å². The summed E-state index contributed by atoms with van der Waals surface area (Å²) >= 11 is 1.34. The summed E-state index contributed by atoms with van der Waals surface area (Å²) in [6, 6.07) is 6.01. The van der Waals surface area contributed by atoms with Gasteiger partial charge in [-0.3, -0.25) is 4.57 Å². The molecule has 10 heteroatoms. The Labute approximate surface area is 160 Å². The Hall–Kier alpha value is -2.69. The van der Waals surface area contributed by atoms with Crippen LogP contribution < -0.4 is 25.4 Å². The molecule has 1 aliphatic heterocycles. The van der Waals surface area contributed by atoms with Crippen molar-refractivity contribution in [2.75, 3.05) is 31.5 Å². The van der Waals surface area contributed by atoms with E-state index in [4.69, 9.17) is 15.2 Å². The summed E-state index contributed by atoms with van der Waals surface area (Å²) in [6.07, 6.45) is 6.15. The zero-order valence-corrected chi connectivity index (χ0v) is 15.6. The molecule has 0 atom stereocenters. The fraction of sp³-hybridized carbons (Fsp3) is 0.353. The normalized spacial score (nSPS) is 12.5. The van der Waals surface area contributed by atoms with E-state index in [1.54, 1.807) is 17.1 Å². The maximum Gasteiger partial charge on any atom is 0.248 e. The van der Waals surface area contributed by atoms with Crippen molar-refractivity contribution in [3.05, 3.63) is 42.5 Å². The topological polar surface area (TPSA) is 103 Å². The number of nitrogens with one attached hydrogen (secondary N) is 1. The first-order chi connectivity index (χ1) is 13.3. The fourth-order valence-corrected chi connectivity index (χ4v) is 3.46. The SMILES string of the molecule is NCN(CCCNCc1ccc2c(c1)OCO2)c1nc(-n2ccnc2)ns1. The summed E-state index contributed by atoms with van der Waals surface area (Å²) in [7, 11) is 0. The second-order valence-corrected chi connectivity index (χ2v) is 6.74. The Morgan fingerprint density at radius 1 is 1.30 bits per heavy atom. The van der Waals surface area contributed by atoms with E-state index in [0.29, 0.717) is 19.4 Å². The first-order valence-electron chi connectivity index (χ1n) is 8.70. The van der Waals surface area contributed by atoms with Gasteiger partial charge in [0.15, 0.2) is 11.5 Å². The van der Waals surface area contributed by atoms with Gasteiger partial charge in [0.05, 0.1) is 6.67 Å². The van der Waals surface area contributed by atoms with Crippen LogP contribution >= 0.6 is 11.5 Å². The van der Waals surface area contributed by atoms with Gasteiger partial charge >= 0.3 is 0 Å². The predicted molar refractivity (Wildman–Crippen MR) is 102 cm³/mol. The molecule has 4 rings (SSSR count).